The van der Waals surface area contributed by atoms with Gasteiger partial charge in [0.25, 0.3) is 0 Å². The SMILES string of the molecule is CC(C)(C)c1cc2c([cH-]1)CCCC2.CC(C)(C)c1cc2c([cH-]1)CCCC2.C[SiH]C.[Cl][Zr+2][Cl]. The molecule has 0 N–H and O–H groups in total. The Balaban J connectivity index is 0.000000258. The Morgan fingerprint density at radius 2 is 0.969 bits per heavy atom. The summed E-state index contributed by atoms with van der Waals surface area (Å²) in [5.74, 6) is 0. The molecule has 0 amide bonds. The molecule has 0 saturated heterocycles. The molecule has 0 fully saturated rings. The predicted molar refractivity (Wildman–Crippen MR) is 145 cm³/mol. The Hall–Kier alpha value is 0.380. The first-order chi connectivity index (χ1) is 15.0. The molecule has 0 atom stereocenters. The van der Waals surface area contributed by atoms with E-state index in [9.17, 15) is 0 Å². The fourth-order valence-corrected chi connectivity index (χ4v) is 4.26. The van der Waals surface area contributed by atoms with Crippen molar-refractivity contribution in [2.75, 3.05) is 0 Å². The quantitative estimate of drug-likeness (QED) is 0.219. The normalized spacial score (nSPS) is 14.8. The number of fused-ring (bicyclic) bond motifs is 2. The molecule has 0 aromatic heterocycles. The summed E-state index contributed by atoms with van der Waals surface area (Å²) in [5, 5.41) is 0. The predicted octanol–water partition coefficient (Wildman–Crippen LogP) is 9.06. The minimum atomic E-state index is -0.826. The van der Waals surface area contributed by atoms with Gasteiger partial charge in [-0.2, -0.15) is 45.5 Å². The Labute approximate surface area is 220 Å². The molecule has 0 aliphatic heterocycles. The van der Waals surface area contributed by atoms with E-state index in [1.54, 1.807) is 22.3 Å². The van der Waals surface area contributed by atoms with Gasteiger partial charge in [-0.05, 0) is 10.8 Å². The van der Waals surface area contributed by atoms with E-state index in [0.717, 1.165) is 9.52 Å². The molecular formula is C28H45Cl2SiZr. The molecule has 0 unspecified atom stereocenters. The van der Waals surface area contributed by atoms with Crippen molar-refractivity contribution in [3.05, 3.63) is 57.6 Å². The second kappa shape index (κ2) is 14.7. The first-order valence-electron chi connectivity index (χ1n) is 12.3. The molecule has 0 heterocycles. The van der Waals surface area contributed by atoms with Gasteiger partial charge < -0.3 is 0 Å². The first-order valence-corrected chi connectivity index (χ1v) is 20.9. The standard InChI is InChI=1S/2C13H19.C2H7Si.2ClH.Zr/c2*1-13(2,3)12-8-10-6-4-5-7-11(10)9-12;1-3-2;;;/h2*8-9H,4-7H2,1-3H3;3H,1-2H3;2*1H;/q2*-1;;;;+4/p-2. The van der Waals surface area contributed by atoms with Gasteiger partial charge in [-0.15, -0.1) is 0 Å². The van der Waals surface area contributed by atoms with Crippen LogP contribution in [-0.2, 0) is 57.4 Å². The van der Waals surface area contributed by atoms with Crippen molar-refractivity contribution in [2.45, 2.75) is 117 Å². The van der Waals surface area contributed by atoms with Crippen molar-refractivity contribution < 1.29 is 20.8 Å². The van der Waals surface area contributed by atoms with Crippen LogP contribution < -0.4 is 0 Å². The molecule has 0 saturated carbocycles. The van der Waals surface area contributed by atoms with Gasteiger partial charge in [0, 0.05) is 9.52 Å². The second-order valence-electron chi connectivity index (χ2n) is 11.2. The van der Waals surface area contributed by atoms with E-state index in [0.29, 0.717) is 10.8 Å². The molecular weight excluding hydrogens is 527 g/mol. The third kappa shape index (κ3) is 10.3. The van der Waals surface area contributed by atoms with Gasteiger partial charge in [0.05, 0.1) is 0 Å². The van der Waals surface area contributed by atoms with Crippen LogP contribution in [0.3, 0.4) is 0 Å². The molecule has 2 aliphatic carbocycles. The van der Waals surface area contributed by atoms with Crippen molar-refractivity contribution in [2.24, 2.45) is 0 Å². The van der Waals surface area contributed by atoms with Crippen LogP contribution in [0.2, 0.25) is 13.1 Å². The third-order valence-corrected chi connectivity index (χ3v) is 6.16. The van der Waals surface area contributed by atoms with Gasteiger partial charge in [-0.1, -0.05) is 106 Å². The molecule has 32 heavy (non-hydrogen) atoms. The van der Waals surface area contributed by atoms with Gasteiger partial charge >= 0.3 is 37.9 Å². The zero-order chi connectivity index (χ0) is 24.4. The Kier molecular flexibility index (Phi) is 14.0. The monoisotopic (exact) mass is 569 g/mol. The van der Waals surface area contributed by atoms with Gasteiger partial charge in [-0.25, -0.2) is 12.1 Å². The minimum absolute atomic E-state index is 0.331. The topological polar surface area (TPSA) is 0 Å². The fourth-order valence-electron chi connectivity index (χ4n) is 4.26. The number of hydrogen-bond acceptors (Lipinski definition) is 0. The van der Waals surface area contributed by atoms with Gasteiger partial charge in [0.2, 0.25) is 0 Å². The number of aryl methyl sites for hydroxylation is 4. The van der Waals surface area contributed by atoms with Crippen LogP contribution >= 0.6 is 17.0 Å². The summed E-state index contributed by atoms with van der Waals surface area (Å²) in [4.78, 5) is 0. The molecule has 0 spiro atoms. The zero-order valence-corrected chi connectivity index (χ0v) is 26.9. The van der Waals surface area contributed by atoms with Gasteiger partial charge in [0.1, 0.15) is 0 Å². The molecule has 2 aliphatic rings. The zero-order valence-electron chi connectivity index (χ0n) is 21.8. The van der Waals surface area contributed by atoms with Crippen LogP contribution in [0.15, 0.2) is 24.3 Å². The maximum absolute atomic E-state index is 4.93. The third-order valence-electron chi connectivity index (χ3n) is 6.16. The maximum atomic E-state index is 4.93. The molecule has 2 aromatic carbocycles. The van der Waals surface area contributed by atoms with Gasteiger partial charge in [-0.3, -0.25) is 0 Å². The van der Waals surface area contributed by atoms with E-state index in [4.69, 9.17) is 17.0 Å². The van der Waals surface area contributed by atoms with Crippen molar-refractivity contribution in [3.63, 3.8) is 0 Å². The van der Waals surface area contributed by atoms with Crippen molar-refractivity contribution >= 4 is 26.5 Å². The van der Waals surface area contributed by atoms with E-state index in [1.165, 1.54) is 62.5 Å². The number of hydrogen-bond donors (Lipinski definition) is 0. The summed E-state index contributed by atoms with van der Waals surface area (Å²) < 4.78 is 0. The Morgan fingerprint density at radius 3 is 1.22 bits per heavy atom. The van der Waals surface area contributed by atoms with Crippen molar-refractivity contribution in [1.82, 2.24) is 0 Å². The molecule has 4 rings (SSSR count). The fraction of sp³-hybridized carbons (Fsp3) is 0.643. The van der Waals surface area contributed by atoms with E-state index < -0.39 is 20.8 Å². The summed E-state index contributed by atoms with van der Waals surface area (Å²) in [6.45, 7) is 18.2. The van der Waals surface area contributed by atoms with Gasteiger partial charge in [0.15, 0.2) is 0 Å². The van der Waals surface area contributed by atoms with Crippen LogP contribution in [0.5, 0.6) is 0 Å². The van der Waals surface area contributed by atoms with Crippen LogP contribution in [0.1, 0.15) is 101 Å². The van der Waals surface area contributed by atoms with E-state index in [2.05, 4.69) is 78.9 Å². The van der Waals surface area contributed by atoms with Crippen molar-refractivity contribution in [3.8, 4) is 0 Å². The number of rotatable bonds is 0. The average molecular weight is 572 g/mol. The van der Waals surface area contributed by atoms with Crippen LogP contribution in [0, 0.1) is 0 Å². The van der Waals surface area contributed by atoms with Crippen LogP contribution in [0.25, 0.3) is 0 Å². The molecule has 0 bridgehead atoms. The van der Waals surface area contributed by atoms with Crippen LogP contribution in [0.4, 0.5) is 0 Å². The summed E-state index contributed by atoms with van der Waals surface area (Å²) in [7, 11) is 10.6. The number of halogens is 2. The molecule has 4 heteroatoms. The van der Waals surface area contributed by atoms with E-state index >= 15 is 0 Å². The second-order valence-corrected chi connectivity index (χ2v) is 16.0. The van der Waals surface area contributed by atoms with E-state index in [-0.39, 0.29) is 0 Å². The average Bonchev–Trinajstić information content (AvgIpc) is 3.34. The Bertz CT molecular complexity index is 661. The summed E-state index contributed by atoms with van der Waals surface area (Å²) >= 11 is -0.826. The molecule has 0 nitrogen and oxygen atoms in total. The summed E-state index contributed by atoms with van der Waals surface area (Å²) in [6, 6.07) is 9.70. The van der Waals surface area contributed by atoms with Crippen molar-refractivity contribution in [1.29, 1.82) is 0 Å². The summed E-state index contributed by atoms with van der Waals surface area (Å²) in [5.41, 5.74) is 10.2. The van der Waals surface area contributed by atoms with E-state index in [1.807, 2.05) is 0 Å². The Morgan fingerprint density at radius 1 is 0.688 bits per heavy atom. The molecule has 2 aromatic rings. The molecule has 179 valence electrons. The summed E-state index contributed by atoms with van der Waals surface area (Å²) in [6.07, 6.45) is 10.8. The first kappa shape index (κ1) is 30.4. The molecule has 1 radical (unpaired) electrons. The van der Waals surface area contributed by atoms with Crippen LogP contribution in [-0.4, -0.2) is 9.52 Å².